The lowest BCUT2D eigenvalue weighted by Gasteiger charge is -2.39. The van der Waals surface area contributed by atoms with Crippen LogP contribution in [0.3, 0.4) is 0 Å². The Hall–Kier alpha value is -3.61. The maximum Gasteiger partial charge on any atom is 0.299 e. The number of halogens is 1. The minimum absolute atomic E-state index is 0.0303. The number of ether oxygens (including phenoxy) is 1. The fraction of sp³-hybridized carbons (Fsp3) is 0.414. The van der Waals surface area contributed by atoms with Crippen molar-refractivity contribution in [2.24, 2.45) is 4.99 Å². The van der Waals surface area contributed by atoms with E-state index in [-0.39, 0.29) is 24.6 Å². The summed E-state index contributed by atoms with van der Waals surface area (Å²) < 4.78 is 49.4. The number of rotatable bonds is 9. The van der Waals surface area contributed by atoms with Gasteiger partial charge in [-0.25, -0.2) is 32.5 Å². The Bertz CT molecular complexity index is 1420. The Morgan fingerprint density at radius 2 is 1.85 bits per heavy atom. The van der Waals surface area contributed by atoms with E-state index in [0.717, 1.165) is 37.3 Å². The van der Waals surface area contributed by atoms with E-state index in [2.05, 4.69) is 49.7 Å². The van der Waals surface area contributed by atoms with Crippen LogP contribution in [0, 0.1) is 0 Å². The largest absolute Gasteiger partial charge is 0.457 e. The third-order valence-corrected chi connectivity index (χ3v) is 9.07. The summed E-state index contributed by atoms with van der Waals surface area (Å²) in [5.41, 5.74) is 1.03. The van der Waals surface area contributed by atoms with Crippen molar-refractivity contribution in [3.8, 4) is 11.1 Å². The van der Waals surface area contributed by atoms with Crippen LogP contribution in [0.15, 0.2) is 78.4 Å². The highest BCUT2D eigenvalue weighted by Crippen LogP contribution is 2.39. The van der Waals surface area contributed by atoms with E-state index in [1.807, 2.05) is 12.1 Å². The molecule has 1 aromatic heterocycles. The first-order valence-electron chi connectivity index (χ1n) is 13.4. The van der Waals surface area contributed by atoms with Crippen LogP contribution < -0.4 is 9.62 Å². The molecule has 0 aliphatic carbocycles. The summed E-state index contributed by atoms with van der Waals surface area (Å²) in [6, 6.07) is 5.94. The van der Waals surface area contributed by atoms with E-state index in [9.17, 15) is 17.9 Å². The minimum atomic E-state index is -4.01. The molecule has 0 spiro atoms. The number of likely N-dealkylation sites (N-methyl/N-ethyl adjacent to an activating group) is 1. The van der Waals surface area contributed by atoms with E-state index >= 15 is 0 Å². The van der Waals surface area contributed by atoms with Gasteiger partial charge in [0.15, 0.2) is 0 Å². The molecule has 2 aliphatic rings. The summed E-state index contributed by atoms with van der Waals surface area (Å²) in [5, 5.41) is 8.42. The lowest BCUT2D eigenvalue weighted by molar-refractivity contribution is 0.0761. The molecule has 2 atom stereocenters. The van der Waals surface area contributed by atoms with Gasteiger partial charge in [0.1, 0.15) is 16.7 Å². The molecular weight excluding hydrogens is 547 g/mol. The monoisotopic (exact) mass is 584 g/mol. The van der Waals surface area contributed by atoms with Crippen molar-refractivity contribution in [1.82, 2.24) is 19.6 Å². The number of aromatic nitrogens is 2. The molecule has 2 aromatic rings. The number of hydrogen-bond donors (Lipinski definition) is 2. The van der Waals surface area contributed by atoms with Gasteiger partial charge >= 0.3 is 0 Å². The number of aliphatic imine (C=N–C) groups is 1. The standard InChI is InChI=1S/C29H37FN6O4S/c1-6-7-24(20(2)30)25(12-17-37)33-28-34-41(38,39)26(29(3,4)40-28)22-10-8-21(9-11-22)23-18-31-27(32-19-23)36-15-13-35(5)14-16-36/h6-11,18-19,25-26,37H,1-2,12-17H2,3-5H3,(H,33,34)/b24-7+/t25-,26?/m0/s1. The van der Waals surface area contributed by atoms with E-state index in [1.165, 1.54) is 12.2 Å². The highest BCUT2D eigenvalue weighted by Gasteiger charge is 2.48. The summed E-state index contributed by atoms with van der Waals surface area (Å²) in [7, 11) is -1.91. The molecule has 10 nitrogen and oxygen atoms in total. The fourth-order valence-electron chi connectivity index (χ4n) is 5.06. The Morgan fingerprint density at radius 3 is 2.39 bits per heavy atom. The summed E-state index contributed by atoms with van der Waals surface area (Å²) in [6.07, 6.45) is 6.32. The van der Waals surface area contributed by atoms with E-state index in [1.54, 1.807) is 38.4 Å². The van der Waals surface area contributed by atoms with E-state index in [4.69, 9.17) is 4.74 Å². The smallest absolute Gasteiger partial charge is 0.299 e. The molecule has 12 heteroatoms. The second-order valence-corrected chi connectivity index (χ2v) is 12.4. The number of amidine groups is 1. The van der Waals surface area contributed by atoms with Gasteiger partial charge in [0.2, 0.25) is 16.0 Å². The van der Waals surface area contributed by atoms with Gasteiger partial charge in [-0.05, 0) is 38.4 Å². The van der Waals surface area contributed by atoms with E-state index < -0.39 is 32.7 Å². The average molecular weight is 585 g/mol. The molecule has 2 fully saturated rings. The predicted octanol–water partition coefficient (Wildman–Crippen LogP) is 3.37. The molecule has 2 saturated heterocycles. The van der Waals surface area contributed by atoms with Crippen molar-refractivity contribution in [3.05, 3.63) is 78.9 Å². The van der Waals surface area contributed by atoms with Gasteiger partial charge in [-0.15, -0.1) is 0 Å². The number of allylic oxidation sites excluding steroid dienone is 2. The first-order chi connectivity index (χ1) is 19.4. The van der Waals surface area contributed by atoms with Crippen LogP contribution >= 0.6 is 0 Å². The molecule has 3 heterocycles. The van der Waals surface area contributed by atoms with Gasteiger partial charge in [-0.3, -0.25) is 0 Å². The second-order valence-electron chi connectivity index (χ2n) is 10.6. The average Bonchev–Trinajstić information content (AvgIpc) is 2.91. The second kappa shape index (κ2) is 12.5. The Morgan fingerprint density at radius 1 is 1.22 bits per heavy atom. The first-order valence-corrected chi connectivity index (χ1v) is 14.9. The number of hydrogen-bond acceptors (Lipinski definition) is 9. The molecule has 2 N–H and O–H groups in total. The van der Waals surface area contributed by atoms with Gasteiger partial charge in [-0.1, -0.05) is 49.6 Å². The number of piperazine rings is 1. The molecule has 1 aromatic carbocycles. The normalized spacial score (nSPS) is 22.5. The van der Waals surface area contributed by atoms with Crippen molar-refractivity contribution in [1.29, 1.82) is 0 Å². The number of aliphatic hydroxyl groups excluding tert-OH is 1. The van der Waals surface area contributed by atoms with Gasteiger partial charge in [-0.2, -0.15) is 0 Å². The number of benzene rings is 1. The van der Waals surface area contributed by atoms with E-state index in [0.29, 0.717) is 11.5 Å². The number of sulfonamides is 1. The summed E-state index contributed by atoms with van der Waals surface area (Å²) >= 11 is 0. The van der Waals surface area contributed by atoms with Crippen molar-refractivity contribution in [2.45, 2.75) is 37.2 Å². The summed E-state index contributed by atoms with van der Waals surface area (Å²) in [6.45, 7) is 13.5. The predicted molar refractivity (Wildman–Crippen MR) is 159 cm³/mol. The zero-order chi connectivity index (χ0) is 29.8. The zero-order valence-electron chi connectivity index (χ0n) is 23.6. The highest BCUT2D eigenvalue weighted by atomic mass is 32.2. The Kier molecular flexibility index (Phi) is 9.25. The quantitative estimate of drug-likeness (QED) is 0.431. The Labute approximate surface area is 241 Å². The van der Waals surface area contributed by atoms with Crippen LogP contribution in [0.5, 0.6) is 0 Å². The number of nitrogens with one attached hydrogen (secondary N) is 1. The molecule has 0 radical (unpaired) electrons. The lowest BCUT2D eigenvalue weighted by atomic mass is 9.96. The maximum absolute atomic E-state index is 14.1. The van der Waals surface area contributed by atoms with Gasteiger partial charge < -0.3 is 19.6 Å². The van der Waals surface area contributed by atoms with Gasteiger partial charge in [0.05, 0.1) is 6.04 Å². The zero-order valence-corrected chi connectivity index (χ0v) is 24.4. The third kappa shape index (κ3) is 7.00. The lowest BCUT2D eigenvalue weighted by Crippen LogP contribution is -2.53. The molecular formula is C29H37FN6O4S. The third-order valence-electron chi connectivity index (χ3n) is 7.15. The van der Waals surface area contributed by atoms with Crippen LogP contribution in [0.25, 0.3) is 11.1 Å². The number of nitrogens with zero attached hydrogens (tertiary/aromatic N) is 5. The molecule has 220 valence electrons. The molecule has 41 heavy (non-hydrogen) atoms. The topological polar surface area (TPSA) is 120 Å². The Balaban J connectivity index is 1.54. The van der Waals surface area contributed by atoms with Crippen molar-refractivity contribution < 1.29 is 22.7 Å². The molecule has 0 bridgehead atoms. The van der Waals surface area contributed by atoms with Crippen LogP contribution in [-0.4, -0.2) is 85.9 Å². The van der Waals surface area contributed by atoms with Crippen LogP contribution in [0.2, 0.25) is 0 Å². The number of aliphatic hydroxyl groups is 1. The number of anilines is 1. The SMILES string of the molecule is C=C/C=C(\C(=C)F)[C@H](CCO)N=C1NS(=O)(=O)C(c2ccc(-c3cnc(N4CCN(C)CC4)nc3)cc2)C(C)(C)O1. The fourth-order valence-corrected chi connectivity index (χ4v) is 6.83. The summed E-state index contributed by atoms with van der Waals surface area (Å²) in [4.78, 5) is 17.8. The van der Waals surface area contributed by atoms with Gasteiger partial charge in [0.25, 0.3) is 6.02 Å². The first kappa shape index (κ1) is 30.4. The minimum Gasteiger partial charge on any atom is -0.457 e. The molecule has 2 aliphatic heterocycles. The van der Waals surface area contributed by atoms with Crippen LogP contribution in [0.1, 0.15) is 31.1 Å². The maximum atomic E-state index is 14.1. The van der Waals surface area contributed by atoms with Crippen LogP contribution in [-0.2, 0) is 14.8 Å². The van der Waals surface area contributed by atoms with Gasteiger partial charge in [0, 0.05) is 56.3 Å². The van der Waals surface area contributed by atoms with Crippen LogP contribution in [0.4, 0.5) is 10.3 Å². The van der Waals surface area contributed by atoms with Crippen molar-refractivity contribution >= 4 is 22.0 Å². The highest BCUT2D eigenvalue weighted by molar-refractivity contribution is 7.90. The molecule has 4 rings (SSSR count). The summed E-state index contributed by atoms with van der Waals surface area (Å²) in [5.74, 6) is -0.0682. The molecule has 0 amide bonds. The van der Waals surface area contributed by atoms with Crippen molar-refractivity contribution in [2.75, 3.05) is 44.7 Å². The van der Waals surface area contributed by atoms with Crippen molar-refractivity contribution in [3.63, 3.8) is 0 Å². The molecule has 0 saturated carbocycles. The molecule has 1 unspecified atom stereocenters.